The number of carbonyl (C=O) groups excluding carboxylic acids is 1. The molecule has 0 N–H and O–H groups in total. The fourth-order valence-electron chi connectivity index (χ4n) is 1.09. The lowest BCUT2D eigenvalue weighted by molar-refractivity contribution is -0.135. The molecule has 1 atom stereocenters. The van der Waals surface area contributed by atoms with Gasteiger partial charge in [0.25, 0.3) is 0 Å². The van der Waals surface area contributed by atoms with E-state index >= 15 is 0 Å². The zero-order valence-corrected chi connectivity index (χ0v) is 9.38. The molecule has 0 spiro atoms. The largest absolute Gasteiger partial charge is 0.435 e. The summed E-state index contributed by atoms with van der Waals surface area (Å²) < 4.78 is 4.70. The van der Waals surface area contributed by atoms with Gasteiger partial charge in [-0.15, -0.1) is 6.58 Å². The molecule has 0 aliphatic rings. The third kappa shape index (κ3) is 9.04. The van der Waals surface area contributed by atoms with Gasteiger partial charge in [-0.2, -0.15) is 0 Å². The summed E-state index contributed by atoms with van der Waals surface area (Å²) in [7, 11) is 0. The fourth-order valence-corrected chi connectivity index (χ4v) is 1.09. The zero-order valence-electron chi connectivity index (χ0n) is 9.38. The van der Waals surface area contributed by atoms with Crippen LogP contribution in [0.2, 0.25) is 0 Å². The quantitative estimate of drug-likeness (QED) is 0.369. The summed E-state index contributed by atoms with van der Waals surface area (Å²) in [5.74, 6) is 0.184. The Bertz CT molecular complexity index is 216. The lowest BCUT2D eigenvalue weighted by Gasteiger charge is -2.05. The molecule has 1 unspecified atom stereocenters. The van der Waals surface area contributed by atoms with Gasteiger partial charge in [-0.3, -0.25) is 4.79 Å². The van der Waals surface area contributed by atoms with Gasteiger partial charge in [-0.25, -0.2) is 0 Å². The van der Waals surface area contributed by atoms with E-state index in [1.165, 1.54) is 18.8 Å². The predicted molar refractivity (Wildman–Crippen MR) is 58.7 cm³/mol. The molecule has 2 nitrogen and oxygen atoms in total. The first kappa shape index (κ1) is 12.9. The Morgan fingerprint density at radius 3 is 2.64 bits per heavy atom. The Labute approximate surface area is 86.6 Å². The maximum atomic E-state index is 10.4. The molecule has 0 bridgehead atoms. The molecule has 80 valence electrons. The van der Waals surface area contributed by atoms with Crippen LogP contribution in [0.1, 0.15) is 40.0 Å². The summed E-state index contributed by atoms with van der Waals surface area (Å²) in [6.07, 6.45) is 6.71. The highest BCUT2D eigenvalue weighted by Gasteiger charge is 1.97. The van der Waals surface area contributed by atoms with Crippen molar-refractivity contribution in [3.8, 4) is 0 Å². The number of carbonyl (C=O) groups is 1. The molecular formula is C12H20O2. The van der Waals surface area contributed by atoms with Crippen LogP contribution in [0.15, 0.2) is 24.5 Å². The normalized spacial score (nSPS) is 12.8. The monoisotopic (exact) mass is 196 g/mol. The number of hydrogen-bond donors (Lipinski definition) is 0. The number of rotatable bonds is 6. The first-order valence-corrected chi connectivity index (χ1v) is 5.00. The Kier molecular flexibility index (Phi) is 6.81. The van der Waals surface area contributed by atoms with Crippen LogP contribution in [0.25, 0.3) is 0 Å². The van der Waals surface area contributed by atoms with E-state index in [1.54, 1.807) is 0 Å². The SMILES string of the molecule is C=C(C)CCCC(C)/C=C/OC(C)=O. The van der Waals surface area contributed by atoms with Crippen molar-refractivity contribution in [1.82, 2.24) is 0 Å². The highest BCUT2D eigenvalue weighted by Crippen LogP contribution is 2.12. The van der Waals surface area contributed by atoms with Crippen LogP contribution < -0.4 is 0 Å². The number of esters is 1. The summed E-state index contributed by atoms with van der Waals surface area (Å²) in [5.41, 5.74) is 1.22. The average molecular weight is 196 g/mol. The summed E-state index contributed by atoms with van der Waals surface area (Å²) in [4.78, 5) is 10.4. The first-order valence-electron chi connectivity index (χ1n) is 5.00. The molecule has 0 aliphatic carbocycles. The molecule has 0 radical (unpaired) electrons. The van der Waals surface area contributed by atoms with Crippen molar-refractivity contribution < 1.29 is 9.53 Å². The van der Waals surface area contributed by atoms with Crippen molar-refractivity contribution in [3.63, 3.8) is 0 Å². The Morgan fingerprint density at radius 2 is 2.14 bits per heavy atom. The van der Waals surface area contributed by atoms with Crippen LogP contribution in [0.5, 0.6) is 0 Å². The van der Waals surface area contributed by atoms with Gasteiger partial charge < -0.3 is 4.74 Å². The van der Waals surface area contributed by atoms with E-state index in [2.05, 4.69) is 13.5 Å². The van der Waals surface area contributed by atoms with E-state index in [1.807, 2.05) is 13.0 Å². The third-order valence-electron chi connectivity index (χ3n) is 1.90. The maximum Gasteiger partial charge on any atom is 0.307 e. The van der Waals surface area contributed by atoms with Gasteiger partial charge in [0.15, 0.2) is 0 Å². The van der Waals surface area contributed by atoms with Crippen molar-refractivity contribution in [3.05, 3.63) is 24.5 Å². The molecule has 0 fully saturated rings. The smallest absolute Gasteiger partial charge is 0.307 e. The van der Waals surface area contributed by atoms with Crippen LogP contribution in [0.4, 0.5) is 0 Å². The molecule has 0 aromatic carbocycles. The van der Waals surface area contributed by atoms with E-state index in [-0.39, 0.29) is 5.97 Å². The molecule has 0 aliphatic heterocycles. The van der Waals surface area contributed by atoms with Crippen LogP contribution in [-0.4, -0.2) is 5.97 Å². The van der Waals surface area contributed by atoms with E-state index in [9.17, 15) is 4.79 Å². The summed E-state index contributed by atoms with van der Waals surface area (Å²) >= 11 is 0. The van der Waals surface area contributed by atoms with Gasteiger partial charge in [0.2, 0.25) is 0 Å². The van der Waals surface area contributed by atoms with Crippen LogP contribution in [0.3, 0.4) is 0 Å². The van der Waals surface area contributed by atoms with Crippen molar-refractivity contribution >= 4 is 5.97 Å². The predicted octanol–water partition coefficient (Wildman–Crippen LogP) is 3.45. The van der Waals surface area contributed by atoms with Crippen LogP contribution in [-0.2, 0) is 9.53 Å². The zero-order chi connectivity index (χ0) is 11.0. The molecular weight excluding hydrogens is 176 g/mol. The van der Waals surface area contributed by atoms with Crippen molar-refractivity contribution in [2.45, 2.75) is 40.0 Å². The number of hydrogen-bond acceptors (Lipinski definition) is 2. The summed E-state index contributed by atoms with van der Waals surface area (Å²) in [6, 6.07) is 0. The van der Waals surface area contributed by atoms with Gasteiger partial charge >= 0.3 is 5.97 Å². The highest BCUT2D eigenvalue weighted by molar-refractivity contribution is 5.66. The average Bonchev–Trinajstić information content (AvgIpc) is 2.02. The second-order valence-electron chi connectivity index (χ2n) is 3.76. The molecule has 0 amide bonds. The Balaban J connectivity index is 3.54. The van der Waals surface area contributed by atoms with Crippen molar-refractivity contribution in [1.29, 1.82) is 0 Å². The van der Waals surface area contributed by atoms with Crippen LogP contribution in [0, 0.1) is 5.92 Å². The van der Waals surface area contributed by atoms with Gasteiger partial charge in [0, 0.05) is 6.92 Å². The summed E-state index contributed by atoms with van der Waals surface area (Å²) in [6.45, 7) is 9.40. The highest BCUT2D eigenvalue weighted by atomic mass is 16.5. The lowest BCUT2D eigenvalue weighted by atomic mass is 10.0. The van der Waals surface area contributed by atoms with E-state index in [0.29, 0.717) is 5.92 Å². The minimum Gasteiger partial charge on any atom is -0.435 e. The Morgan fingerprint density at radius 1 is 1.50 bits per heavy atom. The van der Waals surface area contributed by atoms with Gasteiger partial charge in [-0.1, -0.05) is 12.5 Å². The molecule has 14 heavy (non-hydrogen) atoms. The first-order chi connectivity index (χ1) is 6.52. The maximum absolute atomic E-state index is 10.4. The second kappa shape index (κ2) is 7.36. The molecule has 0 aromatic rings. The van der Waals surface area contributed by atoms with Crippen molar-refractivity contribution in [2.75, 3.05) is 0 Å². The lowest BCUT2D eigenvalue weighted by Crippen LogP contribution is -1.93. The summed E-state index contributed by atoms with van der Waals surface area (Å²) in [5, 5.41) is 0. The molecule has 0 heterocycles. The van der Waals surface area contributed by atoms with Gasteiger partial charge in [0.1, 0.15) is 0 Å². The van der Waals surface area contributed by atoms with Gasteiger partial charge in [-0.05, 0) is 38.2 Å². The fraction of sp³-hybridized carbons (Fsp3) is 0.583. The van der Waals surface area contributed by atoms with Crippen molar-refractivity contribution in [2.24, 2.45) is 5.92 Å². The van der Waals surface area contributed by atoms with E-state index in [4.69, 9.17) is 4.74 Å². The standard InChI is InChI=1S/C12H20O2/c1-10(2)6-5-7-11(3)8-9-14-12(4)13/h8-9,11H,1,5-7H2,2-4H3/b9-8+. The molecule has 0 saturated heterocycles. The minimum absolute atomic E-state index is 0.268. The molecule has 2 heteroatoms. The van der Waals surface area contributed by atoms with Crippen LogP contribution >= 0.6 is 0 Å². The molecule has 0 aromatic heterocycles. The topological polar surface area (TPSA) is 26.3 Å². The van der Waals surface area contributed by atoms with E-state index < -0.39 is 0 Å². The molecule has 0 rings (SSSR count). The minimum atomic E-state index is -0.268. The van der Waals surface area contributed by atoms with E-state index in [0.717, 1.165) is 19.3 Å². The third-order valence-corrected chi connectivity index (χ3v) is 1.90. The Hall–Kier alpha value is -1.05. The van der Waals surface area contributed by atoms with Gasteiger partial charge in [0.05, 0.1) is 6.26 Å². The number of ether oxygens (including phenoxy) is 1. The molecule has 0 saturated carbocycles. The number of allylic oxidation sites excluding steroid dienone is 2. The second-order valence-corrected chi connectivity index (χ2v) is 3.76.